The number of para-hydroxylation sites is 1. The molecule has 0 bridgehead atoms. The molecule has 11 heteroatoms. The summed E-state index contributed by atoms with van der Waals surface area (Å²) in [5, 5.41) is 0.897. The standard InChI is InChI=1S/C21H26N4O4S3/c1-3-24(4-2)31(26,27)17-9-11-18(12-10-17)32(28,29)25-15-13-23(14-16-25)21-22-19-7-5-6-8-20(19)30-21/h5-12H,3-4,13-16H2,1-2H3. The second kappa shape index (κ2) is 9.06. The predicted molar refractivity (Wildman–Crippen MR) is 127 cm³/mol. The van der Waals surface area contributed by atoms with E-state index in [0.717, 1.165) is 15.3 Å². The Labute approximate surface area is 193 Å². The fourth-order valence-electron chi connectivity index (χ4n) is 3.76. The van der Waals surface area contributed by atoms with E-state index in [2.05, 4.69) is 9.88 Å². The Morgan fingerprint density at radius 2 is 1.47 bits per heavy atom. The third-order valence-corrected chi connectivity index (χ3v) is 10.7. The molecule has 32 heavy (non-hydrogen) atoms. The van der Waals surface area contributed by atoms with Crippen molar-refractivity contribution in [2.24, 2.45) is 0 Å². The molecule has 0 radical (unpaired) electrons. The molecule has 0 N–H and O–H groups in total. The lowest BCUT2D eigenvalue weighted by Gasteiger charge is -2.33. The summed E-state index contributed by atoms with van der Waals surface area (Å²) in [5.74, 6) is 0. The van der Waals surface area contributed by atoms with Gasteiger partial charge in [-0.3, -0.25) is 0 Å². The van der Waals surface area contributed by atoms with Gasteiger partial charge in [0.05, 0.1) is 20.0 Å². The van der Waals surface area contributed by atoms with Crippen LogP contribution >= 0.6 is 11.3 Å². The van der Waals surface area contributed by atoms with Crippen LogP contribution in [-0.2, 0) is 20.0 Å². The van der Waals surface area contributed by atoms with E-state index in [1.807, 2.05) is 24.3 Å². The number of hydrogen-bond donors (Lipinski definition) is 0. The Morgan fingerprint density at radius 1 is 0.875 bits per heavy atom. The zero-order valence-corrected chi connectivity index (χ0v) is 20.5. The minimum absolute atomic E-state index is 0.0980. The van der Waals surface area contributed by atoms with E-state index in [1.165, 1.54) is 32.9 Å². The van der Waals surface area contributed by atoms with Gasteiger partial charge in [0.15, 0.2) is 5.13 Å². The highest BCUT2D eigenvalue weighted by atomic mass is 32.2. The van der Waals surface area contributed by atoms with Crippen LogP contribution in [0.2, 0.25) is 0 Å². The SMILES string of the molecule is CCN(CC)S(=O)(=O)c1ccc(S(=O)(=O)N2CCN(c3nc4ccccc4s3)CC2)cc1. The van der Waals surface area contributed by atoms with Crippen molar-refractivity contribution in [3.63, 3.8) is 0 Å². The number of anilines is 1. The van der Waals surface area contributed by atoms with Crippen molar-refractivity contribution < 1.29 is 16.8 Å². The van der Waals surface area contributed by atoms with E-state index in [1.54, 1.807) is 25.2 Å². The van der Waals surface area contributed by atoms with Gasteiger partial charge in [-0.25, -0.2) is 21.8 Å². The molecule has 4 rings (SSSR count). The molecule has 172 valence electrons. The zero-order chi connectivity index (χ0) is 22.9. The van der Waals surface area contributed by atoms with Crippen LogP contribution in [0.5, 0.6) is 0 Å². The van der Waals surface area contributed by atoms with Gasteiger partial charge in [-0.2, -0.15) is 8.61 Å². The third-order valence-electron chi connectivity index (χ3n) is 5.60. The monoisotopic (exact) mass is 494 g/mol. The topological polar surface area (TPSA) is 90.9 Å². The molecule has 0 amide bonds. The molecule has 0 spiro atoms. The molecule has 1 aliphatic heterocycles. The van der Waals surface area contributed by atoms with Gasteiger partial charge >= 0.3 is 0 Å². The van der Waals surface area contributed by atoms with Gasteiger partial charge < -0.3 is 4.90 Å². The largest absolute Gasteiger partial charge is 0.345 e. The molecular formula is C21H26N4O4S3. The highest BCUT2D eigenvalue weighted by molar-refractivity contribution is 7.89. The molecular weight excluding hydrogens is 468 g/mol. The summed E-state index contributed by atoms with van der Waals surface area (Å²) in [6.07, 6.45) is 0. The van der Waals surface area contributed by atoms with Crippen LogP contribution in [0.3, 0.4) is 0 Å². The molecule has 1 saturated heterocycles. The first-order valence-corrected chi connectivity index (χ1v) is 14.2. The molecule has 2 aromatic carbocycles. The van der Waals surface area contributed by atoms with Crippen molar-refractivity contribution in [3.05, 3.63) is 48.5 Å². The number of aromatic nitrogens is 1. The lowest BCUT2D eigenvalue weighted by Crippen LogP contribution is -2.48. The average molecular weight is 495 g/mol. The number of benzene rings is 2. The van der Waals surface area contributed by atoms with E-state index < -0.39 is 20.0 Å². The van der Waals surface area contributed by atoms with E-state index in [9.17, 15) is 16.8 Å². The van der Waals surface area contributed by atoms with Crippen LogP contribution < -0.4 is 4.90 Å². The number of rotatable bonds is 7. The summed E-state index contributed by atoms with van der Waals surface area (Å²) in [5.41, 5.74) is 0.947. The molecule has 1 aromatic heterocycles. The predicted octanol–water partition coefficient (Wildman–Crippen LogP) is 2.84. The molecule has 8 nitrogen and oxygen atoms in total. The molecule has 0 saturated carbocycles. The first-order valence-electron chi connectivity index (χ1n) is 10.5. The molecule has 1 aliphatic rings. The number of nitrogens with zero attached hydrogens (tertiary/aromatic N) is 4. The number of hydrogen-bond acceptors (Lipinski definition) is 7. The van der Waals surface area contributed by atoms with Gasteiger partial charge in [-0.05, 0) is 36.4 Å². The minimum atomic E-state index is -3.70. The average Bonchev–Trinajstić information content (AvgIpc) is 3.24. The maximum atomic E-state index is 13.1. The summed E-state index contributed by atoms with van der Waals surface area (Å²) >= 11 is 1.60. The van der Waals surface area contributed by atoms with Crippen molar-refractivity contribution in [2.45, 2.75) is 23.6 Å². The van der Waals surface area contributed by atoms with Gasteiger partial charge in [0.2, 0.25) is 20.0 Å². The smallest absolute Gasteiger partial charge is 0.243 e. The molecule has 3 aromatic rings. The summed E-state index contributed by atoms with van der Waals surface area (Å²) in [6, 6.07) is 13.4. The molecule has 0 aliphatic carbocycles. The first kappa shape index (κ1) is 23.1. The van der Waals surface area contributed by atoms with Crippen LogP contribution in [0, 0.1) is 0 Å². The fourth-order valence-corrected chi connectivity index (χ4v) is 7.66. The van der Waals surface area contributed by atoms with Gasteiger partial charge in [0.1, 0.15) is 0 Å². The van der Waals surface area contributed by atoms with Crippen LogP contribution in [0.25, 0.3) is 10.2 Å². The number of sulfonamides is 2. The van der Waals surface area contributed by atoms with Crippen molar-refractivity contribution in [2.75, 3.05) is 44.2 Å². The molecule has 2 heterocycles. The normalized spacial score (nSPS) is 16.2. The van der Waals surface area contributed by atoms with Crippen LogP contribution in [0.1, 0.15) is 13.8 Å². The maximum absolute atomic E-state index is 13.1. The summed E-state index contributed by atoms with van der Waals surface area (Å²) in [7, 11) is -7.33. The summed E-state index contributed by atoms with van der Waals surface area (Å²) in [6.45, 7) is 6.05. The Bertz CT molecular complexity index is 1260. The van der Waals surface area contributed by atoms with Crippen molar-refractivity contribution >= 4 is 46.7 Å². The third kappa shape index (κ3) is 4.27. The Hall–Kier alpha value is -2.05. The van der Waals surface area contributed by atoms with E-state index in [-0.39, 0.29) is 9.79 Å². The quantitative estimate of drug-likeness (QED) is 0.502. The Kier molecular flexibility index (Phi) is 6.55. The van der Waals surface area contributed by atoms with Crippen molar-refractivity contribution in [1.29, 1.82) is 0 Å². The van der Waals surface area contributed by atoms with Gasteiger partial charge in [0.25, 0.3) is 0 Å². The van der Waals surface area contributed by atoms with Crippen LogP contribution in [0.15, 0.2) is 58.3 Å². The second-order valence-corrected chi connectivity index (χ2v) is 12.3. The van der Waals surface area contributed by atoms with E-state index >= 15 is 0 Å². The van der Waals surface area contributed by atoms with Gasteiger partial charge in [-0.1, -0.05) is 37.3 Å². The van der Waals surface area contributed by atoms with Crippen LogP contribution in [0.4, 0.5) is 5.13 Å². The molecule has 1 fully saturated rings. The fraction of sp³-hybridized carbons (Fsp3) is 0.381. The lowest BCUT2D eigenvalue weighted by molar-refractivity contribution is 0.384. The first-order chi connectivity index (χ1) is 15.3. The maximum Gasteiger partial charge on any atom is 0.243 e. The van der Waals surface area contributed by atoms with Crippen molar-refractivity contribution in [1.82, 2.24) is 13.6 Å². The highest BCUT2D eigenvalue weighted by Gasteiger charge is 2.30. The lowest BCUT2D eigenvalue weighted by atomic mass is 10.3. The molecule has 0 atom stereocenters. The zero-order valence-electron chi connectivity index (χ0n) is 18.0. The van der Waals surface area contributed by atoms with E-state index in [0.29, 0.717) is 39.3 Å². The van der Waals surface area contributed by atoms with Gasteiger partial charge in [0, 0.05) is 39.3 Å². The minimum Gasteiger partial charge on any atom is -0.345 e. The number of thiazole rings is 1. The van der Waals surface area contributed by atoms with Crippen LogP contribution in [-0.4, -0.2) is 69.7 Å². The summed E-state index contributed by atoms with van der Waals surface area (Å²) < 4.78 is 55.4. The number of piperazine rings is 1. The highest BCUT2D eigenvalue weighted by Crippen LogP contribution is 2.30. The Morgan fingerprint density at radius 3 is 2.06 bits per heavy atom. The van der Waals surface area contributed by atoms with Gasteiger partial charge in [-0.15, -0.1) is 0 Å². The second-order valence-electron chi connectivity index (χ2n) is 7.42. The number of fused-ring (bicyclic) bond motifs is 1. The summed E-state index contributed by atoms with van der Waals surface area (Å²) in [4.78, 5) is 6.97. The Balaban J connectivity index is 1.47. The molecule has 0 unspecified atom stereocenters. The van der Waals surface area contributed by atoms with E-state index in [4.69, 9.17) is 0 Å². The van der Waals surface area contributed by atoms with Crippen molar-refractivity contribution in [3.8, 4) is 0 Å².